The molecule has 0 unspecified atom stereocenters. The third-order valence-electron chi connectivity index (χ3n) is 2.32. The van der Waals surface area contributed by atoms with Crippen molar-refractivity contribution in [2.75, 3.05) is 0 Å². The van der Waals surface area contributed by atoms with Crippen LogP contribution in [-0.4, -0.2) is 4.98 Å². The summed E-state index contributed by atoms with van der Waals surface area (Å²) in [6.07, 6.45) is 0. The number of hydrogen-bond acceptors (Lipinski definition) is 3. The van der Waals surface area contributed by atoms with Crippen molar-refractivity contribution in [3.63, 3.8) is 0 Å². The zero-order valence-electron chi connectivity index (χ0n) is 10.1. The Morgan fingerprint density at radius 3 is 2.39 bits per heavy atom. The number of aromatic nitrogens is 1. The van der Waals surface area contributed by atoms with Gasteiger partial charge >= 0.3 is 0 Å². The van der Waals surface area contributed by atoms with Crippen LogP contribution in [0.4, 0.5) is 0 Å². The van der Waals surface area contributed by atoms with E-state index >= 15 is 0 Å². The molecule has 0 fully saturated rings. The molecular weight excluding hydrogens is 248 g/mol. The second kappa shape index (κ2) is 5.07. The van der Waals surface area contributed by atoms with Gasteiger partial charge in [0.15, 0.2) is 0 Å². The molecule has 18 heavy (non-hydrogen) atoms. The van der Waals surface area contributed by atoms with Gasteiger partial charge in [-0.3, -0.25) is 0 Å². The quantitative estimate of drug-likeness (QED) is 0.765. The number of nitrogens with zero attached hydrogens (tertiary/aromatic N) is 2. The van der Waals surface area contributed by atoms with E-state index in [2.05, 4.69) is 11.1 Å². The fourth-order valence-corrected chi connectivity index (χ4v) is 1.90. The molecule has 0 bridgehead atoms. The fraction of sp³-hybridized carbons (Fsp3) is 0.143. The van der Waals surface area contributed by atoms with Crippen molar-refractivity contribution >= 4 is 11.6 Å². The van der Waals surface area contributed by atoms with E-state index in [9.17, 15) is 0 Å². The molecular formula is C14H11ClN2O. The summed E-state index contributed by atoms with van der Waals surface area (Å²) >= 11 is 5.82. The number of pyridine rings is 1. The van der Waals surface area contributed by atoms with E-state index < -0.39 is 0 Å². The van der Waals surface area contributed by atoms with Gasteiger partial charge in [-0.25, -0.2) is 4.98 Å². The lowest BCUT2D eigenvalue weighted by molar-refractivity contribution is 0.462. The van der Waals surface area contributed by atoms with Gasteiger partial charge in [0.25, 0.3) is 0 Å². The molecule has 2 rings (SSSR count). The molecule has 0 amide bonds. The number of ether oxygens (including phenoxy) is 1. The van der Waals surface area contributed by atoms with Crippen molar-refractivity contribution in [2.24, 2.45) is 0 Å². The van der Waals surface area contributed by atoms with Crippen LogP contribution in [0.3, 0.4) is 0 Å². The van der Waals surface area contributed by atoms with Gasteiger partial charge in [-0.1, -0.05) is 17.7 Å². The van der Waals surface area contributed by atoms with Crippen LogP contribution in [0.15, 0.2) is 30.3 Å². The van der Waals surface area contributed by atoms with E-state index in [1.165, 1.54) is 6.07 Å². The van der Waals surface area contributed by atoms with Crippen molar-refractivity contribution in [2.45, 2.75) is 13.8 Å². The molecule has 0 atom stereocenters. The Kier molecular flexibility index (Phi) is 3.50. The maximum Gasteiger partial charge on any atom is 0.221 e. The maximum atomic E-state index is 8.85. The second-order valence-corrected chi connectivity index (χ2v) is 4.44. The van der Waals surface area contributed by atoms with E-state index in [1.54, 1.807) is 6.07 Å². The van der Waals surface area contributed by atoms with Crippen molar-refractivity contribution < 1.29 is 4.74 Å². The Bertz CT molecular complexity index is 612. The second-order valence-electron chi connectivity index (χ2n) is 4.05. The van der Waals surface area contributed by atoms with Crippen LogP contribution in [0.5, 0.6) is 11.6 Å². The topological polar surface area (TPSA) is 45.9 Å². The Labute approximate surface area is 111 Å². The first-order chi connectivity index (χ1) is 8.56. The van der Waals surface area contributed by atoms with Crippen LogP contribution in [0.1, 0.15) is 16.7 Å². The predicted octanol–water partition coefficient (Wildman–Crippen LogP) is 4.02. The monoisotopic (exact) mass is 258 g/mol. The highest BCUT2D eigenvalue weighted by molar-refractivity contribution is 6.29. The first-order valence-corrected chi connectivity index (χ1v) is 5.78. The van der Waals surface area contributed by atoms with E-state index in [1.807, 2.05) is 32.0 Å². The molecule has 0 N–H and O–H groups in total. The predicted molar refractivity (Wildman–Crippen MR) is 70.0 cm³/mol. The van der Waals surface area contributed by atoms with Crippen molar-refractivity contribution in [1.29, 1.82) is 5.26 Å². The number of hydrogen-bond donors (Lipinski definition) is 0. The summed E-state index contributed by atoms with van der Waals surface area (Å²) in [5, 5.41) is 9.09. The SMILES string of the molecule is Cc1cc(C)cc(Oc2cc(C#N)cc(Cl)n2)c1. The van der Waals surface area contributed by atoms with E-state index in [0.29, 0.717) is 17.2 Å². The molecule has 1 heterocycles. The number of nitriles is 1. The molecule has 0 aliphatic rings. The van der Waals surface area contributed by atoms with Crippen LogP contribution < -0.4 is 4.74 Å². The lowest BCUT2D eigenvalue weighted by Gasteiger charge is -2.07. The van der Waals surface area contributed by atoms with Gasteiger partial charge in [0, 0.05) is 6.07 Å². The zero-order chi connectivity index (χ0) is 13.1. The van der Waals surface area contributed by atoms with E-state index in [-0.39, 0.29) is 5.15 Å². The van der Waals surface area contributed by atoms with Gasteiger partial charge in [0.1, 0.15) is 10.9 Å². The van der Waals surface area contributed by atoms with Crippen LogP contribution in [0, 0.1) is 25.2 Å². The first kappa shape index (κ1) is 12.4. The van der Waals surface area contributed by atoms with Gasteiger partial charge in [0.05, 0.1) is 11.6 Å². The van der Waals surface area contributed by atoms with Crippen molar-refractivity contribution in [3.8, 4) is 17.7 Å². The summed E-state index contributed by atoms with van der Waals surface area (Å²) in [6, 6.07) is 10.9. The molecule has 0 aliphatic heterocycles. The average Bonchev–Trinajstić information content (AvgIpc) is 2.26. The standard InChI is InChI=1S/C14H11ClN2O/c1-9-3-10(2)5-12(4-9)18-14-7-11(8-16)6-13(15)17-14/h3-7H,1-2H3. The smallest absolute Gasteiger partial charge is 0.221 e. The molecule has 0 saturated heterocycles. The highest BCUT2D eigenvalue weighted by Crippen LogP contribution is 2.24. The fourth-order valence-electron chi connectivity index (χ4n) is 1.70. The highest BCUT2D eigenvalue weighted by Gasteiger charge is 2.04. The normalized spacial score (nSPS) is 9.89. The van der Waals surface area contributed by atoms with Gasteiger partial charge in [-0.15, -0.1) is 0 Å². The van der Waals surface area contributed by atoms with Crippen LogP contribution in [0.2, 0.25) is 5.15 Å². The van der Waals surface area contributed by atoms with Gasteiger partial charge in [-0.05, 0) is 43.2 Å². The van der Waals surface area contributed by atoms with Crippen LogP contribution in [0.25, 0.3) is 0 Å². The molecule has 2 aromatic rings. The third-order valence-corrected chi connectivity index (χ3v) is 2.51. The molecule has 0 aliphatic carbocycles. The Morgan fingerprint density at radius 2 is 1.78 bits per heavy atom. The number of halogens is 1. The van der Waals surface area contributed by atoms with Crippen LogP contribution in [-0.2, 0) is 0 Å². The minimum absolute atomic E-state index is 0.244. The highest BCUT2D eigenvalue weighted by atomic mass is 35.5. The molecule has 3 nitrogen and oxygen atoms in total. The average molecular weight is 259 g/mol. The summed E-state index contributed by atoms with van der Waals surface area (Å²) < 4.78 is 5.62. The zero-order valence-corrected chi connectivity index (χ0v) is 10.8. The van der Waals surface area contributed by atoms with Gasteiger partial charge in [-0.2, -0.15) is 5.26 Å². The molecule has 0 spiro atoms. The number of aryl methyl sites for hydroxylation is 2. The summed E-state index contributed by atoms with van der Waals surface area (Å²) in [7, 11) is 0. The summed E-state index contributed by atoms with van der Waals surface area (Å²) in [5.41, 5.74) is 2.63. The molecule has 1 aromatic carbocycles. The number of rotatable bonds is 2. The van der Waals surface area contributed by atoms with Gasteiger partial charge < -0.3 is 4.74 Å². The van der Waals surface area contributed by atoms with Crippen molar-refractivity contribution in [1.82, 2.24) is 4.98 Å². The maximum absolute atomic E-state index is 8.85. The largest absolute Gasteiger partial charge is 0.439 e. The molecule has 90 valence electrons. The Hall–Kier alpha value is -2.05. The first-order valence-electron chi connectivity index (χ1n) is 5.40. The third kappa shape index (κ3) is 2.99. The van der Waals surface area contributed by atoms with E-state index in [0.717, 1.165) is 11.1 Å². The summed E-state index contributed by atoms with van der Waals surface area (Å²) in [5.74, 6) is 1.01. The van der Waals surface area contributed by atoms with Crippen LogP contribution >= 0.6 is 11.6 Å². The molecule has 0 saturated carbocycles. The minimum Gasteiger partial charge on any atom is -0.439 e. The summed E-state index contributed by atoms with van der Waals surface area (Å²) in [6.45, 7) is 3.98. The molecule has 0 radical (unpaired) electrons. The van der Waals surface area contributed by atoms with E-state index in [4.69, 9.17) is 21.6 Å². The minimum atomic E-state index is 0.244. The Morgan fingerprint density at radius 1 is 1.11 bits per heavy atom. The molecule has 1 aromatic heterocycles. The summed E-state index contributed by atoms with van der Waals surface area (Å²) in [4.78, 5) is 4.03. The molecule has 4 heteroatoms. The lowest BCUT2D eigenvalue weighted by Crippen LogP contribution is -1.91. The Balaban J connectivity index is 2.34. The number of benzene rings is 1. The lowest BCUT2D eigenvalue weighted by atomic mass is 10.1. The van der Waals surface area contributed by atoms with Crippen molar-refractivity contribution in [3.05, 3.63) is 52.2 Å². The van der Waals surface area contributed by atoms with Gasteiger partial charge in [0.2, 0.25) is 5.88 Å².